The van der Waals surface area contributed by atoms with Crippen molar-refractivity contribution in [3.8, 4) is 22.8 Å². The van der Waals surface area contributed by atoms with Gasteiger partial charge in [0.05, 0.1) is 46.0 Å². The molecule has 334 valence electrons. The standard InChI is InChI=1S/C52H63N9O3/c1-5-51(6-2)38-25-40-36(34-18-10-14-31-27-53-58-45(31)47(34)56-40)23-42(38)60(49(51)63)22-20-30(4)13-12-21-52(7-3)39-26-41-37(35-19-11-15-32-28-54-59-46(32)48(35)57-41)24-43(39)61(50(52)64)29-44(62)55-33-16-8-9-17-33/h23-28,30,33,56-57H,5-22,29H2,1-4H3,(H,53,58)(H,54,59)(H,55,62). The van der Waals surface area contributed by atoms with E-state index in [9.17, 15) is 9.59 Å². The summed E-state index contributed by atoms with van der Waals surface area (Å²) in [7, 11) is 0. The van der Waals surface area contributed by atoms with E-state index in [0.717, 1.165) is 158 Å². The maximum absolute atomic E-state index is 15.0. The van der Waals surface area contributed by atoms with E-state index < -0.39 is 10.8 Å². The van der Waals surface area contributed by atoms with Gasteiger partial charge in [-0.1, -0.05) is 53.4 Å². The topological polar surface area (TPSA) is 159 Å². The Morgan fingerprint density at radius 1 is 0.719 bits per heavy atom. The molecule has 11 rings (SSSR count). The fraction of sp³-hybridized carbons (Fsp3) is 0.519. The molecule has 5 N–H and O–H groups in total. The van der Waals surface area contributed by atoms with Crippen molar-refractivity contribution in [2.24, 2.45) is 5.92 Å². The SMILES string of the molecule is CCC1(CC)C(=O)N(CCC(C)CCCC2(CC)C(=O)N(CC(=O)NC3CCCC3)c3cc4c5c([nH]c4cc32)-c2[nH]ncc2CCC5)c2cc3c4c([nH]c3cc21)-c1[nH]ncc1CCC4. The van der Waals surface area contributed by atoms with Gasteiger partial charge in [0.25, 0.3) is 0 Å². The highest BCUT2D eigenvalue weighted by Gasteiger charge is 2.51. The zero-order valence-corrected chi connectivity index (χ0v) is 38.1. The monoisotopic (exact) mass is 862 g/mol. The molecule has 5 aliphatic rings. The highest BCUT2D eigenvalue weighted by Crippen LogP contribution is 2.52. The summed E-state index contributed by atoms with van der Waals surface area (Å²) in [6.45, 7) is 9.44. The van der Waals surface area contributed by atoms with Crippen molar-refractivity contribution in [3.05, 3.63) is 70.0 Å². The molecule has 3 aliphatic carbocycles. The van der Waals surface area contributed by atoms with Crippen LogP contribution in [0.1, 0.15) is 145 Å². The van der Waals surface area contributed by atoms with Gasteiger partial charge in [0.1, 0.15) is 6.54 Å². The zero-order valence-electron chi connectivity index (χ0n) is 38.1. The third-order valence-corrected chi connectivity index (χ3v) is 16.6. The lowest BCUT2D eigenvalue weighted by Gasteiger charge is -2.29. The molecule has 2 aliphatic heterocycles. The van der Waals surface area contributed by atoms with E-state index in [1.807, 2.05) is 17.3 Å². The van der Waals surface area contributed by atoms with E-state index >= 15 is 4.79 Å². The van der Waals surface area contributed by atoms with Crippen molar-refractivity contribution in [1.82, 2.24) is 35.7 Å². The minimum atomic E-state index is -0.735. The number of benzene rings is 2. The molecule has 0 bridgehead atoms. The van der Waals surface area contributed by atoms with E-state index in [-0.39, 0.29) is 30.3 Å². The van der Waals surface area contributed by atoms with Crippen molar-refractivity contribution < 1.29 is 14.4 Å². The summed E-state index contributed by atoms with van der Waals surface area (Å²) in [6, 6.07) is 9.20. The fourth-order valence-corrected chi connectivity index (χ4v) is 12.8. The van der Waals surface area contributed by atoms with Crippen LogP contribution in [0.25, 0.3) is 44.6 Å². The number of hydrogen-bond donors (Lipinski definition) is 5. The van der Waals surface area contributed by atoms with E-state index in [1.165, 1.54) is 27.6 Å². The van der Waals surface area contributed by atoms with Crippen molar-refractivity contribution in [2.45, 2.75) is 154 Å². The molecule has 12 heteroatoms. The molecule has 2 aromatic carbocycles. The lowest BCUT2D eigenvalue weighted by Crippen LogP contribution is -2.46. The van der Waals surface area contributed by atoms with Crippen LogP contribution in [0.4, 0.5) is 11.4 Å². The van der Waals surface area contributed by atoms with Gasteiger partial charge < -0.3 is 25.1 Å². The maximum Gasteiger partial charge on any atom is 0.240 e. The summed E-state index contributed by atoms with van der Waals surface area (Å²) in [5, 5.41) is 20.9. The van der Waals surface area contributed by atoms with Crippen molar-refractivity contribution in [3.63, 3.8) is 0 Å². The number of aromatic amines is 4. The predicted molar refractivity (Wildman–Crippen MR) is 253 cm³/mol. The highest BCUT2D eigenvalue weighted by molar-refractivity contribution is 6.13. The number of fused-ring (bicyclic) bond motifs is 12. The molecule has 1 fully saturated rings. The maximum atomic E-state index is 15.0. The first-order chi connectivity index (χ1) is 31.2. The number of carbonyl (C=O) groups excluding carboxylic acids is 3. The largest absolute Gasteiger partial charge is 0.353 e. The molecule has 2 atom stereocenters. The van der Waals surface area contributed by atoms with Crippen LogP contribution >= 0.6 is 0 Å². The molecule has 2 unspecified atom stereocenters. The second-order valence-corrected chi connectivity index (χ2v) is 19.9. The van der Waals surface area contributed by atoms with Crippen LogP contribution in [0.2, 0.25) is 0 Å². The van der Waals surface area contributed by atoms with E-state index in [0.29, 0.717) is 25.3 Å². The van der Waals surface area contributed by atoms with Gasteiger partial charge in [0.15, 0.2) is 0 Å². The highest BCUT2D eigenvalue weighted by atomic mass is 16.2. The second kappa shape index (κ2) is 15.8. The Balaban J connectivity index is 0.852. The summed E-state index contributed by atoms with van der Waals surface area (Å²) in [4.78, 5) is 54.7. The number of amides is 3. The Labute approximate surface area is 375 Å². The Bertz CT molecular complexity index is 2810. The molecule has 64 heavy (non-hydrogen) atoms. The van der Waals surface area contributed by atoms with Crippen LogP contribution < -0.4 is 15.1 Å². The lowest BCUT2D eigenvalue weighted by atomic mass is 9.74. The number of nitrogens with zero attached hydrogens (tertiary/aromatic N) is 4. The fourth-order valence-electron chi connectivity index (χ4n) is 12.8. The molecular formula is C52H63N9O3. The van der Waals surface area contributed by atoms with Crippen LogP contribution in [0, 0.1) is 5.92 Å². The van der Waals surface area contributed by atoms with Gasteiger partial charge in [-0.3, -0.25) is 24.6 Å². The number of anilines is 2. The molecular weight excluding hydrogens is 799 g/mol. The van der Waals surface area contributed by atoms with E-state index in [1.54, 1.807) is 0 Å². The molecule has 1 saturated carbocycles. The predicted octanol–water partition coefficient (Wildman–Crippen LogP) is 9.76. The molecule has 0 saturated heterocycles. The number of hydrogen-bond acceptors (Lipinski definition) is 5. The van der Waals surface area contributed by atoms with Crippen LogP contribution in [-0.2, 0) is 50.9 Å². The van der Waals surface area contributed by atoms with Crippen LogP contribution in [-0.4, -0.2) is 67.2 Å². The quantitative estimate of drug-likeness (QED) is 0.0781. The number of carbonyl (C=O) groups is 3. The van der Waals surface area contributed by atoms with Gasteiger partial charge in [-0.25, -0.2) is 0 Å². The molecule has 6 heterocycles. The summed E-state index contributed by atoms with van der Waals surface area (Å²) in [5.41, 5.74) is 14.4. The zero-order chi connectivity index (χ0) is 43.9. The van der Waals surface area contributed by atoms with Gasteiger partial charge in [0, 0.05) is 45.8 Å². The molecule has 6 aromatic rings. The molecule has 3 amide bonds. The summed E-state index contributed by atoms with van der Waals surface area (Å²) in [5.74, 6) is 0.529. The summed E-state index contributed by atoms with van der Waals surface area (Å²) >= 11 is 0. The first kappa shape index (κ1) is 41.1. The van der Waals surface area contributed by atoms with Crippen LogP contribution in [0.15, 0.2) is 36.7 Å². The average Bonchev–Trinajstić information content (AvgIpc) is 4.18. The van der Waals surface area contributed by atoms with Crippen LogP contribution in [0.3, 0.4) is 0 Å². The Morgan fingerprint density at radius 3 is 1.84 bits per heavy atom. The number of rotatable bonds is 13. The number of nitrogens with one attached hydrogen (secondary N) is 5. The summed E-state index contributed by atoms with van der Waals surface area (Å²) < 4.78 is 0. The van der Waals surface area contributed by atoms with Gasteiger partial charge in [0.2, 0.25) is 17.7 Å². The van der Waals surface area contributed by atoms with E-state index in [4.69, 9.17) is 0 Å². The number of H-pyrrole nitrogens is 4. The Kier molecular flexibility index (Phi) is 10.1. The lowest BCUT2D eigenvalue weighted by molar-refractivity contribution is -0.126. The molecule has 0 radical (unpaired) electrons. The average molecular weight is 862 g/mol. The second-order valence-electron chi connectivity index (χ2n) is 19.9. The first-order valence-electron chi connectivity index (χ1n) is 24.5. The van der Waals surface area contributed by atoms with Gasteiger partial charge in [-0.05, 0) is 147 Å². The Hall–Kier alpha value is -5.65. The van der Waals surface area contributed by atoms with Crippen LogP contribution in [0.5, 0.6) is 0 Å². The number of aromatic nitrogens is 6. The van der Waals surface area contributed by atoms with Gasteiger partial charge >= 0.3 is 0 Å². The van der Waals surface area contributed by atoms with Gasteiger partial charge in [-0.2, -0.15) is 10.2 Å². The van der Waals surface area contributed by atoms with Crippen molar-refractivity contribution in [1.29, 1.82) is 0 Å². The van der Waals surface area contributed by atoms with E-state index in [2.05, 4.69) is 92.5 Å². The number of aryl methyl sites for hydroxylation is 4. The van der Waals surface area contributed by atoms with Crippen molar-refractivity contribution in [2.75, 3.05) is 22.9 Å². The molecule has 4 aromatic heterocycles. The molecule has 0 spiro atoms. The molecule has 12 nitrogen and oxygen atoms in total. The van der Waals surface area contributed by atoms with Crippen molar-refractivity contribution >= 4 is 50.9 Å². The third kappa shape index (κ3) is 6.24. The normalized spacial score (nSPS) is 20.6. The first-order valence-corrected chi connectivity index (χ1v) is 24.5. The Morgan fingerprint density at radius 2 is 1.27 bits per heavy atom. The third-order valence-electron chi connectivity index (χ3n) is 16.6. The smallest absolute Gasteiger partial charge is 0.240 e. The van der Waals surface area contributed by atoms with Gasteiger partial charge in [-0.15, -0.1) is 0 Å². The minimum Gasteiger partial charge on any atom is -0.353 e. The summed E-state index contributed by atoms with van der Waals surface area (Å²) in [6.07, 6.45) is 19.7. The minimum absolute atomic E-state index is 0.0354.